The predicted octanol–water partition coefficient (Wildman–Crippen LogP) is 9.57. The van der Waals surface area contributed by atoms with Crippen molar-refractivity contribution in [1.82, 2.24) is 0 Å². The van der Waals surface area contributed by atoms with Crippen LogP contribution in [0.2, 0.25) is 0 Å². The molecule has 4 heteroatoms. The molecule has 2 unspecified atom stereocenters. The smallest absolute Gasteiger partial charge is 0.146 e. The number of allylic oxidation sites excluding steroid dienone is 2. The standard InChI is InChI=1S/C38H60O4/c1-6-8-10-12-14-29(39)25-34(41)27-18-21-36(3)28(24-27)16-17-31-32(36)19-22-37(4)33(31)20-23-38(37,5)35(42)26-30(40)15-13-11-9-7-2/h16,27,31-33H,6-15,17-26H2,1-5H3/t27?,31-,32+,33+,36+,37+,38?/m1/s1. The number of unbranched alkanes of at least 4 members (excludes halogenated alkanes) is 6. The van der Waals surface area contributed by atoms with E-state index in [2.05, 4.69) is 40.7 Å². The van der Waals surface area contributed by atoms with Crippen molar-refractivity contribution in [3.63, 3.8) is 0 Å². The summed E-state index contributed by atoms with van der Waals surface area (Å²) in [7, 11) is 0. The van der Waals surface area contributed by atoms with Crippen LogP contribution in [0.4, 0.5) is 0 Å². The molecule has 0 aromatic carbocycles. The van der Waals surface area contributed by atoms with E-state index in [1.807, 2.05) is 0 Å². The largest absolute Gasteiger partial charge is 0.299 e. The molecule has 7 atom stereocenters. The number of hydrogen-bond acceptors (Lipinski definition) is 4. The fourth-order valence-electron chi connectivity index (χ4n) is 10.0. The van der Waals surface area contributed by atoms with E-state index in [0.29, 0.717) is 30.6 Å². The Morgan fingerprint density at radius 3 is 2.00 bits per heavy atom. The first-order chi connectivity index (χ1) is 20.0. The minimum absolute atomic E-state index is 0.00114. The van der Waals surface area contributed by atoms with Crippen LogP contribution in [0, 0.1) is 39.9 Å². The molecule has 236 valence electrons. The van der Waals surface area contributed by atoms with Crippen LogP contribution in [0.1, 0.15) is 163 Å². The van der Waals surface area contributed by atoms with Gasteiger partial charge in [-0.2, -0.15) is 0 Å². The number of carbonyl (C=O) groups excluding carboxylic acids is 4. The van der Waals surface area contributed by atoms with Gasteiger partial charge in [0.1, 0.15) is 23.1 Å². The molecule has 0 amide bonds. The first kappa shape index (κ1) is 33.3. The molecule has 42 heavy (non-hydrogen) atoms. The highest BCUT2D eigenvalue weighted by molar-refractivity contribution is 6.02. The molecular formula is C38H60O4. The Morgan fingerprint density at radius 2 is 1.36 bits per heavy atom. The summed E-state index contributed by atoms with van der Waals surface area (Å²) in [5.41, 5.74) is 1.15. The lowest BCUT2D eigenvalue weighted by molar-refractivity contribution is -0.143. The van der Waals surface area contributed by atoms with Crippen molar-refractivity contribution >= 4 is 23.1 Å². The van der Waals surface area contributed by atoms with Gasteiger partial charge in [0.2, 0.25) is 0 Å². The van der Waals surface area contributed by atoms with E-state index < -0.39 is 5.41 Å². The van der Waals surface area contributed by atoms with Gasteiger partial charge in [-0.25, -0.2) is 0 Å². The quantitative estimate of drug-likeness (QED) is 0.104. The molecule has 4 rings (SSSR count). The molecule has 0 spiro atoms. The predicted molar refractivity (Wildman–Crippen MR) is 170 cm³/mol. The summed E-state index contributed by atoms with van der Waals surface area (Å²) >= 11 is 0. The minimum atomic E-state index is -0.403. The van der Waals surface area contributed by atoms with Gasteiger partial charge in [0.15, 0.2) is 0 Å². The number of fused-ring (bicyclic) bond motifs is 5. The third-order valence-electron chi connectivity index (χ3n) is 13.1. The van der Waals surface area contributed by atoms with E-state index in [9.17, 15) is 19.2 Å². The van der Waals surface area contributed by atoms with Crippen LogP contribution in [0.15, 0.2) is 11.6 Å². The summed E-state index contributed by atoms with van der Waals surface area (Å²) in [6.07, 6.45) is 20.4. The third kappa shape index (κ3) is 6.58. The third-order valence-corrected chi connectivity index (χ3v) is 13.1. The van der Waals surface area contributed by atoms with Gasteiger partial charge in [-0.3, -0.25) is 19.2 Å². The second-order valence-electron chi connectivity index (χ2n) is 15.5. The second kappa shape index (κ2) is 14.0. The van der Waals surface area contributed by atoms with E-state index in [4.69, 9.17) is 0 Å². The van der Waals surface area contributed by atoms with E-state index in [-0.39, 0.29) is 52.7 Å². The molecule has 0 heterocycles. The molecule has 0 radical (unpaired) electrons. The zero-order chi connectivity index (χ0) is 30.5. The molecular weight excluding hydrogens is 520 g/mol. The maximum Gasteiger partial charge on any atom is 0.146 e. The molecule has 0 aliphatic heterocycles. The zero-order valence-corrected chi connectivity index (χ0v) is 27.7. The van der Waals surface area contributed by atoms with E-state index in [0.717, 1.165) is 103 Å². The first-order valence-electron chi connectivity index (χ1n) is 17.8. The minimum Gasteiger partial charge on any atom is -0.299 e. The highest BCUT2D eigenvalue weighted by Crippen LogP contribution is 2.70. The number of carbonyl (C=O) groups is 4. The van der Waals surface area contributed by atoms with E-state index in [1.54, 1.807) is 0 Å². The Hall–Kier alpha value is -1.58. The number of ketones is 4. The van der Waals surface area contributed by atoms with Crippen molar-refractivity contribution in [2.75, 3.05) is 0 Å². The van der Waals surface area contributed by atoms with Gasteiger partial charge in [-0.05, 0) is 92.8 Å². The summed E-state index contributed by atoms with van der Waals surface area (Å²) in [6.45, 7) is 11.4. The van der Waals surface area contributed by atoms with Crippen molar-refractivity contribution in [3.05, 3.63) is 11.6 Å². The van der Waals surface area contributed by atoms with Gasteiger partial charge in [0, 0.05) is 24.2 Å². The van der Waals surface area contributed by atoms with E-state index in [1.165, 1.54) is 5.57 Å². The summed E-state index contributed by atoms with van der Waals surface area (Å²) in [5.74, 6) is 2.33. The topological polar surface area (TPSA) is 68.3 Å². The highest BCUT2D eigenvalue weighted by Gasteiger charge is 2.64. The number of Topliss-reactive ketones (excluding diaryl/α,β-unsaturated/α-hetero) is 4. The van der Waals surface area contributed by atoms with Crippen LogP contribution in [-0.2, 0) is 19.2 Å². The van der Waals surface area contributed by atoms with Crippen LogP contribution >= 0.6 is 0 Å². The van der Waals surface area contributed by atoms with Gasteiger partial charge >= 0.3 is 0 Å². The van der Waals surface area contributed by atoms with Gasteiger partial charge < -0.3 is 0 Å². The van der Waals surface area contributed by atoms with Crippen LogP contribution in [0.5, 0.6) is 0 Å². The average molecular weight is 581 g/mol. The van der Waals surface area contributed by atoms with Crippen LogP contribution in [-0.4, -0.2) is 23.1 Å². The van der Waals surface area contributed by atoms with Crippen molar-refractivity contribution in [1.29, 1.82) is 0 Å². The molecule has 0 aromatic rings. The highest BCUT2D eigenvalue weighted by atomic mass is 16.2. The zero-order valence-electron chi connectivity index (χ0n) is 27.7. The fraction of sp³-hybridized carbons (Fsp3) is 0.842. The normalized spacial score (nSPS) is 35.5. The van der Waals surface area contributed by atoms with Gasteiger partial charge in [0.25, 0.3) is 0 Å². The number of hydrogen-bond donors (Lipinski definition) is 0. The monoisotopic (exact) mass is 580 g/mol. The summed E-state index contributed by atoms with van der Waals surface area (Å²) in [5, 5.41) is 0. The van der Waals surface area contributed by atoms with Crippen molar-refractivity contribution < 1.29 is 19.2 Å². The lowest BCUT2D eigenvalue weighted by Crippen LogP contribution is -2.53. The first-order valence-corrected chi connectivity index (χ1v) is 17.8. The summed E-state index contributed by atoms with van der Waals surface area (Å²) < 4.78 is 0. The fourth-order valence-corrected chi connectivity index (χ4v) is 10.0. The molecule has 3 saturated carbocycles. The Balaban J connectivity index is 1.38. The maximum atomic E-state index is 13.8. The van der Waals surface area contributed by atoms with Crippen LogP contribution < -0.4 is 0 Å². The van der Waals surface area contributed by atoms with E-state index >= 15 is 0 Å². The summed E-state index contributed by atoms with van der Waals surface area (Å²) in [6, 6.07) is 0. The Kier molecular flexibility index (Phi) is 11.1. The molecule has 0 N–H and O–H groups in total. The molecule has 0 saturated heterocycles. The molecule has 4 aliphatic rings. The van der Waals surface area contributed by atoms with Crippen LogP contribution in [0.3, 0.4) is 0 Å². The summed E-state index contributed by atoms with van der Waals surface area (Å²) in [4.78, 5) is 52.1. The Bertz CT molecular complexity index is 1040. The number of rotatable bonds is 16. The molecule has 0 bridgehead atoms. The molecule has 4 aliphatic carbocycles. The van der Waals surface area contributed by atoms with Crippen molar-refractivity contribution in [2.45, 2.75) is 163 Å². The Labute approximate surface area is 256 Å². The molecule has 0 aromatic heterocycles. The van der Waals surface area contributed by atoms with Crippen molar-refractivity contribution in [2.24, 2.45) is 39.9 Å². The maximum absolute atomic E-state index is 13.8. The van der Waals surface area contributed by atoms with Crippen LogP contribution in [0.25, 0.3) is 0 Å². The average Bonchev–Trinajstić information content (AvgIpc) is 3.24. The molecule has 4 nitrogen and oxygen atoms in total. The SMILES string of the molecule is CCCCCCC(=O)CC(=O)C1CC[C@@]2(C)C(=CC[C@@H]3[C@@H]2CC[C@@]2(C)[C@H]3CCC2(C)C(=O)CC(=O)CCCCCC)C1. The Morgan fingerprint density at radius 1 is 0.738 bits per heavy atom. The second-order valence-corrected chi connectivity index (χ2v) is 15.5. The lowest BCUT2D eigenvalue weighted by atomic mass is 9.45. The van der Waals surface area contributed by atoms with Gasteiger partial charge in [0.05, 0.1) is 12.8 Å². The molecule has 3 fully saturated rings. The van der Waals surface area contributed by atoms with Gasteiger partial charge in [-0.15, -0.1) is 0 Å². The lowest BCUT2D eigenvalue weighted by Gasteiger charge is -2.59. The van der Waals surface area contributed by atoms with Gasteiger partial charge in [-0.1, -0.05) is 84.8 Å². The van der Waals surface area contributed by atoms with Crippen molar-refractivity contribution in [3.8, 4) is 0 Å².